The lowest BCUT2D eigenvalue weighted by atomic mass is 10.1. The lowest BCUT2D eigenvalue weighted by molar-refractivity contribution is 0.169. The molecule has 0 fully saturated rings. The minimum Gasteiger partial charge on any atom is -0.479 e. The SMILES string of the molecule is CCOC(=S)SC(=O)N(CCc1ccc(Cl)cc1)C(C)(C)C. The third-order valence-corrected chi connectivity index (χ3v) is 4.30. The second kappa shape index (κ2) is 8.75. The first-order chi connectivity index (χ1) is 10.2. The van der Waals surface area contributed by atoms with Crippen molar-refractivity contribution in [2.24, 2.45) is 0 Å². The summed E-state index contributed by atoms with van der Waals surface area (Å²) < 4.78 is 5.46. The van der Waals surface area contributed by atoms with Crippen LogP contribution in [-0.4, -0.2) is 33.2 Å². The average Bonchev–Trinajstić information content (AvgIpc) is 2.39. The van der Waals surface area contributed by atoms with Crippen molar-refractivity contribution in [3.05, 3.63) is 34.9 Å². The third kappa shape index (κ3) is 6.55. The van der Waals surface area contributed by atoms with Crippen molar-refractivity contribution >= 4 is 45.2 Å². The summed E-state index contributed by atoms with van der Waals surface area (Å²) in [7, 11) is 0. The van der Waals surface area contributed by atoms with Crippen LogP contribution in [0.2, 0.25) is 5.02 Å². The van der Waals surface area contributed by atoms with Crippen LogP contribution in [0.4, 0.5) is 4.79 Å². The first-order valence-electron chi connectivity index (χ1n) is 7.14. The maximum atomic E-state index is 12.5. The molecule has 1 rings (SSSR count). The lowest BCUT2D eigenvalue weighted by Crippen LogP contribution is -2.45. The number of halogens is 1. The van der Waals surface area contributed by atoms with Gasteiger partial charge in [0, 0.05) is 28.9 Å². The number of nitrogens with zero attached hydrogens (tertiary/aromatic N) is 1. The number of carbonyl (C=O) groups excluding carboxylic acids is 1. The fraction of sp³-hybridized carbons (Fsp3) is 0.500. The second-order valence-corrected chi connectivity index (χ2v) is 7.74. The number of thiocarbonyl (C=S) groups is 1. The summed E-state index contributed by atoms with van der Waals surface area (Å²) in [6, 6.07) is 7.68. The molecule has 122 valence electrons. The van der Waals surface area contributed by atoms with E-state index in [-0.39, 0.29) is 15.2 Å². The molecule has 0 atom stereocenters. The molecule has 1 aromatic carbocycles. The number of hydrogen-bond acceptors (Lipinski definition) is 4. The summed E-state index contributed by atoms with van der Waals surface area (Å²) >= 11 is 11.9. The Labute approximate surface area is 147 Å². The maximum absolute atomic E-state index is 12.5. The van der Waals surface area contributed by atoms with Crippen molar-refractivity contribution in [3.63, 3.8) is 0 Å². The number of rotatable bonds is 4. The minimum atomic E-state index is -0.279. The Hall–Kier alpha value is -0.780. The molecule has 0 spiro atoms. The van der Waals surface area contributed by atoms with E-state index in [2.05, 4.69) is 0 Å². The molecule has 0 aliphatic carbocycles. The largest absolute Gasteiger partial charge is 0.479 e. The lowest BCUT2D eigenvalue weighted by Gasteiger charge is -2.35. The van der Waals surface area contributed by atoms with Crippen molar-refractivity contribution in [2.75, 3.05) is 13.2 Å². The van der Waals surface area contributed by atoms with Crippen LogP contribution in [0.15, 0.2) is 24.3 Å². The molecule has 0 bridgehead atoms. The molecule has 0 aliphatic heterocycles. The number of carbonyl (C=O) groups is 1. The number of thioether (sulfide) groups is 1. The molecule has 0 saturated heterocycles. The highest BCUT2D eigenvalue weighted by Crippen LogP contribution is 2.22. The van der Waals surface area contributed by atoms with Crippen LogP contribution in [-0.2, 0) is 11.2 Å². The van der Waals surface area contributed by atoms with Crippen molar-refractivity contribution in [3.8, 4) is 0 Å². The topological polar surface area (TPSA) is 29.5 Å². The molecule has 0 unspecified atom stereocenters. The van der Waals surface area contributed by atoms with E-state index in [1.165, 1.54) is 0 Å². The normalized spacial score (nSPS) is 11.1. The second-order valence-electron chi connectivity index (χ2n) is 5.75. The van der Waals surface area contributed by atoms with Crippen molar-refractivity contribution < 1.29 is 9.53 Å². The van der Waals surface area contributed by atoms with E-state index in [1.807, 2.05) is 56.9 Å². The van der Waals surface area contributed by atoms with Crippen LogP contribution in [0.3, 0.4) is 0 Å². The molecule has 1 aromatic rings. The van der Waals surface area contributed by atoms with Crippen molar-refractivity contribution in [1.82, 2.24) is 4.90 Å². The summed E-state index contributed by atoms with van der Waals surface area (Å²) in [5.41, 5.74) is 0.863. The molecule has 0 aromatic heterocycles. The Morgan fingerprint density at radius 2 is 1.91 bits per heavy atom. The molecule has 0 radical (unpaired) electrons. The van der Waals surface area contributed by atoms with Gasteiger partial charge in [-0.3, -0.25) is 4.79 Å². The van der Waals surface area contributed by atoms with Gasteiger partial charge in [-0.15, -0.1) is 0 Å². The highest BCUT2D eigenvalue weighted by molar-refractivity contribution is 8.32. The summed E-state index contributed by atoms with van der Waals surface area (Å²) in [6.07, 6.45) is 0.766. The van der Waals surface area contributed by atoms with Gasteiger partial charge < -0.3 is 9.64 Å². The minimum absolute atomic E-state index is 0.0834. The van der Waals surface area contributed by atoms with Gasteiger partial charge in [-0.1, -0.05) is 23.7 Å². The molecular formula is C16H22ClNO2S2. The number of hydrogen-bond donors (Lipinski definition) is 0. The Bertz CT molecular complexity index is 512. The molecule has 0 N–H and O–H groups in total. The molecule has 1 amide bonds. The predicted molar refractivity (Wildman–Crippen MR) is 98.8 cm³/mol. The molecule has 0 saturated carbocycles. The molecular weight excluding hydrogens is 338 g/mol. The van der Waals surface area contributed by atoms with E-state index in [0.717, 1.165) is 23.7 Å². The first kappa shape index (κ1) is 19.3. The summed E-state index contributed by atoms with van der Waals surface area (Å²) in [6.45, 7) is 8.97. The van der Waals surface area contributed by atoms with Gasteiger partial charge in [0.1, 0.15) is 0 Å². The van der Waals surface area contributed by atoms with E-state index < -0.39 is 0 Å². The third-order valence-electron chi connectivity index (χ3n) is 3.00. The van der Waals surface area contributed by atoms with Gasteiger partial charge in [-0.05, 0) is 64.0 Å². The van der Waals surface area contributed by atoms with E-state index in [4.69, 9.17) is 28.6 Å². The Morgan fingerprint density at radius 3 is 2.41 bits per heavy atom. The average molecular weight is 360 g/mol. The summed E-state index contributed by atoms with van der Waals surface area (Å²) in [5, 5.41) is 0.630. The van der Waals surface area contributed by atoms with Crippen molar-refractivity contribution in [2.45, 2.75) is 39.7 Å². The van der Waals surface area contributed by atoms with Gasteiger partial charge in [0.25, 0.3) is 5.24 Å². The summed E-state index contributed by atoms with van der Waals surface area (Å²) in [5.74, 6) is 0. The van der Waals surface area contributed by atoms with Crippen LogP contribution in [0.5, 0.6) is 0 Å². The predicted octanol–water partition coefficient (Wildman–Crippen LogP) is 5.16. The molecule has 22 heavy (non-hydrogen) atoms. The number of amides is 1. The highest BCUT2D eigenvalue weighted by Gasteiger charge is 2.27. The zero-order valence-corrected chi connectivity index (χ0v) is 15.8. The van der Waals surface area contributed by atoms with Crippen LogP contribution in [0.1, 0.15) is 33.3 Å². The van der Waals surface area contributed by atoms with Crippen LogP contribution < -0.4 is 0 Å². The zero-order chi connectivity index (χ0) is 16.8. The van der Waals surface area contributed by atoms with Gasteiger partial charge in [-0.25, -0.2) is 0 Å². The van der Waals surface area contributed by atoms with Gasteiger partial charge in [0.15, 0.2) is 0 Å². The standard InChI is InChI=1S/C16H22ClNO2S2/c1-5-20-15(21)22-14(19)18(16(2,3)4)11-10-12-6-8-13(17)9-7-12/h6-9H,5,10-11H2,1-4H3. The number of ether oxygens (including phenoxy) is 1. The van der Waals surface area contributed by atoms with Crippen molar-refractivity contribution in [1.29, 1.82) is 0 Å². The zero-order valence-electron chi connectivity index (χ0n) is 13.4. The van der Waals surface area contributed by atoms with E-state index in [1.54, 1.807) is 0 Å². The fourth-order valence-electron chi connectivity index (χ4n) is 1.87. The van der Waals surface area contributed by atoms with Gasteiger partial charge in [0.2, 0.25) is 4.38 Å². The fourth-order valence-corrected chi connectivity index (χ4v) is 3.12. The van der Waals surface area contributed by atoms with Crippen LogP contribution in [0.25, 0.3) is 0 Å². The van der Waals surface area contributed by atoms with E-state index in [0.29, 0.717) is 18.2 Å². The Morgan fingerprint density at radius 1 is 1.32 bits per heavy atom. The summed E-state index contributed by atoms with van der Waals surface area (Å²) in [4.78, 5) is 14.3. The van der Waals surface area contributed by atoms with Gasteiger partial charge in [-0.2, -0.15) is 0 Å². The molecule has 0 heterocycles. The van der Waals surface area contributed by atoms with E-state index in [9.17, 15) is 4.79 Å². The highest BCUT2D eigenvalue weighted by atomic mass is 35.5. The molecule has 3 nitrogen and oxygen atoms in total. The molecule has 6 heteroatoms. The Balaban J connectivity index is 2.70. The quantitative estimate of drug-likeness (QED) is 0.694. The van der Waals surface area contributed by atoms with Gasteiger partial charge >= 0.3 is 0 Å². The van der Waals surface area contributed by atoms with Crippen LogP contribution in [0, 0.1) is 0 Å². The monoisotopic (exact) mass is 359 g/mol. The first-order valence-corrected chi connectivity index (χ1v) is 8.75. The molecule has 0 aliphatic rings. The van der Waals surface area contributed by atoms with Gasteiger partial charge in [0.05, 0.1) is 6.61 Å². The smallest absolute Gasteiger partial charge is 0.290 e. The number of benzene rings is 1. The van der Waals surface area contributed by atoms with Crippen LogP contribution >= 0.6 is 35.6 Å². The van der Waals surface area contributed by atoms with E-state index >= 15 is 0 Å². The maximum Gasteiger partial charge on any atom is 0.290 e. The Kier molecular flexibility index (Phi) is 7.66.